The largest absolute Gasteiger partial charge is 0.493 e. The Morgan fingerprint density at radius 1 is 1.04 bits per heavy atom. The summed E-state index contributed by atoms with van der Waals surface area (Å²) in [4.78, 5) is 12.0. The lowest BCUT2D eigenvalue weighted by molar-refractivity contribution is 0.0958. The summed E-state index contributed by atoms with van der Waals surface area (Å²) < 4.78 is 10.7. The number of methoxy groups -OCH3 is 1. The lowest BCUT2D eigenvalue weighted by Gasteiger charge is -2.07. The second-order valence-corrected chi connectivity index (χ2v) is 4.79. The smallest absolute Gasteiger partial charge is 0.252 e. The summed E-state index contributed by atoms with van der Waals surface area (Å²) in [6.07, 6.45) is 0. The molecule has 4 nitrogen and oxygen atoms in total. The number of aryl methyl sites for hydroxylation is 1. The lowest BCUT2D eigenvalue weighted by atomic mass is 10.1. The molecule has 2 rings (SSSR count). The molecule has 1 amide bonds. The topological polar surface area (TPSA) is 47.6 Å². The van der Waals surface area contributed by atoms with Crippen molar-refractivity contribution in [2.75, 3.05) is 20.3 Å². The Morgan fingerprint density at radius 3 is 2.48 bits per heavy atom. The summed E-state index contributed by atoms with van der Waals surface area (Å²) in [6, 6.07) is 14.8. The molecule has 0 saturated carbocycles. The molecule has 0 spiro atoms. The average molecular weight is 309 g/mol. The summed E-state index contributed by atoms with van der Waals surface area (Å²) in [6.45, 7) is 2.42. The standard InChI is InChI=1S/C19H19NO3/c1-15-9-3-4-10-16(15)19(21)20-13-7-8-14-23-18-12-6-5-11-17(18)22-2/h3-6,9-12H,13-14H2,1-2H3,(H,20,21). The fourth-order valence-electron chi connectivity index (χ4n) is 2.01. The van der Waals surface area contributed by atoms with Gasteiger partial charge in [-0.15, -0.1) is 0 Å². The number of ether oxygens (including phenoxy) is 2. The highest BCUT2D eigenvalue weighted by Crippen LogP contribution is 2.25. The van der Waals surface area contributed by atoms with Crippen molar-refractivity contribution in [3.8, 4) is 23.3 Å². The number of carbonyl (C=O) groups excluding carboxylic acids is 1. The third-order valence-corrected chi connectivity index (χ3v) is 3.22. The van der Waals surface area contributed by atoms with E-state index in [1.807, 2.05) is 49.4 Å². The maximum atomic E-state index is 12.0. The van der Waals surface area contributed by atoms with Crippen molar-refractivity contribution >= 4 is 5.91 Å². The molecule has 4 heteroatoms. The van der Waals surface area contributed by atoms with Gasteiger partial charge >= 0.3 is 0 Å². The van der Waals surface area contributed by atoms with E-state index in [0.29, 0.717) is 17.1 Å². The molecule has 0 aliphatic heterocycles. The molecule has 0 radical (unpaired) electrons. The quantitative estimate of drug-likeness (QED) is 0.864. The Hall–Kier alpha value is -2.93. The summed E-state index contributed by atoms with van der Waals surface area (Å²) in [7, 11) is 1.59. The number of para-hydroxylation sites is 2. The first-order valence-corrected chi connectivity index (χ1v) is 7.27. The molecule has 0 aliphatic carbocycles. The highest BCUT2D eigenvalue weighted by atomic mass is 16.5. The van der Waals surface area contributed by atoms with Gasteiger partial charge in [0.15, 0.2) is 11.5 Å². The van der Waals surface area contributed by atoms with Crippen LogP contribution in [0.5, 0.6) is 11.5 Å². The first kappa shape index (κ1) is 16.4. The molecule has 0 saturated heterocycles. The molecule has 2 aromatic rings. The molecule has 0 aromatic heterocycles. The van der Waals surface area contributed by atoms with Crippen LogP contribution in [0.4, 0.5) is 0 Å². The van der Waals surface area contributed by atoms with E-state index in [4.69, 9.17) is 9.47 Å². The van der Waals surface area contributed by atoms with Gasteiger partial charge in [0.1, 0.15) is 6.61 Å². The molecule has 118 valence electrons. The Bertz CT molecular complexity index is 729. The number of carbonyl (C=O) groups is 1. The van der Waals surface area contributed by atoms with Crippen molar-refractivity contribution in [3.05, 3.63) is 59.7 Å². The molecule has 0 aliphatic rings. The van der Waals surface area contributed by atoms with Crippen LogP contribution in [0.25, 0.3) is 0 Å². The Balaban J connectivity index is 1.78. The number of benzene rings is 2. The number of rotatable bonds is 5. The summed E-state index contributed by atoms with van der Waals surface area (Å²) in [5, 5.41) is 2.77. The van der Waals surface area contributed by atoms with E-state index >= 15 is 0 Å². The van der Waals surface area contributed by atoms with E-state index in [0.717, 1.165) is 5.56 Å². The van der Waals surface area contributed by atoms with Gasteiger partial charge in [0.25, 0.3) is 5.91 Å². The van der Waals surface area contributed by atoms with Gasteiger partial charge in [-0.05, 0) is 30.7 Å². The van der Waals surface area contributed by atoms with E-state index in [1.54, 1.807) is 13.2 Å². The van der Waals surface area contributed by atoms with Crippen LogP contribution >= 0.6 is 0 Å². The maximum Gasteiger partial charge on any atom is 0.252 e. The van der Waals surface area contributed by atoms with Crippen LogP contribution in [0.2, 0.25) is 0 Å². The fourth-order valence-corrected chi connectivity index (χ4v) is 2.01. The van der Waals surface area contributed by atoms with Gasteiger partial charge in [-0.3, -0.25) is 4.79 Å². The number of amides is 1. The Kier molecular flexibility index (Phi) is 6.07. The molecule has 0 heterocycles. The molecule has 1 N–H and O–H groups in total. The van der Waals surface area contributed by atoms with E-state index in [1.165, 1.54) is 0 Å². The van der Waals surface area contributed by atoms with Gasteiger partial charge in [-0.25, -0.2) is 0 Å². The zero-order chi connectivity index (χ0) is 16.5. The van der Waals surface area contributed by atoms with Crippen molar-refractivity contribution in [1.29, 1.82) is 0 Å². The van der Waals surface area contributed by atoms with E-state index < -0.39 is 0 Å². The second-order valence-electron chi connectivity index (χ2n) is 4.79. The second kappa shape index (κ2) is 8.50. The molecular weight excluding hydrogens is 290 g/mol. The van der Waals surface area contributed by atoms with Crippen LogP contribution in [0.3, 0.4) is 0 Å². The van der Waals surface area contributed by atoms with Crippen LogP contribution in [0.15, 0.2) is 48.5 Å². The van der Waals surface area contributed by atoms with Crippen molar-refractivity contribution in [1.82, 2.24) is 5.32 Å². The minimum atomic E-state index is -0.122. The predicted molar refractivity (Wildman–Crippen MR) is 89.8 cm³/mol. The minimum Gasteiger partial charge on any atom is -0.493 e. The average Bonchev–Trinajstić information content (AvgIpc) is 2.58. The van der Waals surface area contributed by atoms with Crippen molar-refractivity contribution < 1.29 is 14.3 Å². The molecular formula is C19H19NO3. The summed E-state index contributed by atoms with van der Waals surface area (Å²) in [5.41, 5.74) is 1.61. The van der Waals surface area contributed by atoms with E-state index in [9.17, 15) is 4.79 Å². The molecule has 23 heavy (non-hydrogen) atoms. The first-order chi connectivity index (χ1) is 11.2. The lowest BCUT2D eigenvalue weighted by Crippen LogP contribution is -2.24. The fraction of sp³-hybridized carbons (Fsp3) is 0.211. The van der Waals surface area contributed by atoms with Crippen molar-refractivity contribution in [3.63, 3.8) is 0 Å². The van der Waals surface area contributed by atoms with Gasteiger partial charge in [-0.2, -0.15) is 0 Å². The van der Waals surface area contributed by atoms with Crippen molar-refractivity contribution in [2.24, 2.45) is 0 Å². The van der Waals surface area contributed by atoms with E-state index in [2.05, 4.69) is 17.2 Å². The van der Waals surface area contributed by atoms with Gasteiger partial charge in [0.2, 0.25) is 0 Å². The molecule has 0 bridgehead atoms. The summed E-state index contributed by atoms with van der Waals surface area (Å²) >= 11 is 0. The van der Waals surface area contributed by atoms with Gasteiger partial charge in [0, 0.05) is 5.56 Å². The third-order valence-electron chi connectivity index (χ3n) is 3.22. The number of nitrogens with one attached hydrogen (secondary N) is 1. The summed E-state index contributed by atoms with van der Waals surface area (Å²) in [5.74, 6) is 6.92. The predicted octanol–water partition coefficient (Wildman–Crippen LogP) is 2.82. The minimum absolute atomic E-state index is 0.122. The van der Waals surface area contributed by atoms with Gasteiger partial charge in [0.05, 0.1) is 13.7 Å². The van der Waals surface area contributed by atoms with Crippen LogP contribution in [0.1, 0.15) is 15.9 Å². The molecule has 2 aromatic carbocycles. The van der Waals surface area contributed by atoms with Crippen LogP contribution < -0.4 is 14.8 Å². The zero-order valence-electron chi connectivity index (χ0n) is 13.3. The van der Waals surface area contributed by atoms with Crippen LogP contribution in [-0.4, -0.2) is 26.2 Å². The maximum absolute atomic E-state index is 12.0. The van der Waals surface area contributed by atoms with Crippen LogP contribution in [-0.2, 0) is 0 Å². The van der Waals surface area contributed by atoms with Crippen molar-refractivity contribution in [2.45, 2.75) is 6.92 Å². The SMILES string of the molecule is COc1ccccc1OCC#CCNC(=O)c1ccccc1C. The van der Waals surface area contributed by atoms with E-state index in [-0.39, 0.29) is 19.1 Å². The number of hydrogen-bond donors (Lipinski definition) is 1. The van der Waals surface area contributed by atoms with Gasteiger partial charge in [-0.1, -0.05) is 42.2 Å². The highest BCUT2D eigenvalue weighted by Gasteiger charge is 2.05. The molecule has 0 atom stereocenters. The zero-order valence-corrected chi connectivity index (χ0v) is 13.3. The normalized spacial score (nSPS) is 9.48. The van der Waals surface area contributed by atoms with Gasteiger partial charge < -0.3 is 14.8 Å². The number of hydrogen-bond acceptors (Lipinski definition) is 3. The molecule has 0 unspecified atom stereocenters. The monoisotopic (exact) mass is 309 g/mol. The van der Waals surface area contributed by atoms with Crippen LogP contribution in [0, 0.1) is 18.8 Å². The Morgan fingerprint density at radius 2 is 1.74 bits per heavy atom. The highest BCUT2D eigenvalue weighted by molar-refractivity contribution is 5.95. The Labute approximate surface area is 136 Å². The molecule has 0 fully saturated rings. The third kappa shape index (κ3) is 4.79. The first-order valence-electron chi connectivity index (χ1n) is 7.27.